The summed E-state index contributed by atoms with van der Waals surface area (Å²) in [4.78, 5) is 20.8. The number of nitrogens with zero attached hydrogens (tertiary/aromatic N) is 4. The molecule has 0 spiro atoms. The Morgan fingerprint density at radius 1 is 1.06 bits per heavy atom. The zero-order chi connectivity index (χ0) is 21.6. The molecule has 0 aliphatic heterocycles. The average molecular weight is 415 g/mol. The van der Waals surface area contributed by atoms with Crippen LogP contribution in [0, 0.1) is 12.7 Å². The molecule has 0 aliphatic carbocycles. The van der Waals surface area contributed by atoms with Gasteiger partial charge >= 0.3 is 0 Å². The summed E-state index contributed by atoms with van der Waals surface area (Å²) in [5.74, 6) is -0.367. The van der Waals surface area contributed by atoms with Gasteiger partial charge in [-0.15, -0.1) is 0 Å². The number of pyridine rings is 2. The van der Waals surface area contributed by atoms with Gasteiger partial charge in [-0.2, -0.15) is 5.10 Å². The Bertz CT molecular complexity index is 1160. The molecular weight excluding hydrogens is 393 g/mol. The monoisotopic (exact) mass is 415 g/mol. The van der Waals surface area contributed by atoms with Crippen molar-refractivity contribution in [2.45, 2.75) is 19.9 Å². The third-order valence-electron chi connectivity index (χ3n) is 4.83. The molecule has 0 saturated heterocycles. The first-order valence-electron chi connectivity index (χ1n) is 10.0. The van der Waals surface area contributed by atoms with Gasteiger partial charge in [0.2, 0.25) is 5.91 Å². The lowest BCUT2D eigenvalue weighted by Crippen LogP contribution is -2.29. The second kappa shape index (κ2) is 9.30. The largest absolute Gasteiger partial charge is 0.354 e. The summed E-state index contributed by atoms with van der Waals surface area (Å²) >= 11 is 0. The highest BCUT2D eigenvalue weighted by atomic mass is 19.1. The van der Waals surface area contributed by atoms with Crippen LogP contribution in [0.5, 0.6) is 0 Å². The number of hydrogen-bond acceptors (Lipinski definition) is 4. The van der Waals surface area contributed by atoms with Gasteiger partial charge in [0.05, 0.1) is 30.0 Å². The second-order valence-electron chi connectivity index (χ2n) is 7.25. The summed E-state index contributed by atoms with van der Waals surface area (Å²) < 4.78 is 15.1. The Morgan fingerprint density at radius 2 is 1.90 bits per heavy atom. The van der Waals surface area contributed by atoms with Crippen LogP contribution in [0.15, 0.2) is 73.2 Å². The van der Waals surface area contributed by atoms with Gasteiger partial charge in [-0.1, -0.05) is 12.1 Å². The van der Waals surface area contributed by atoms with Crippen LogP contribution < -0.4 is 5.32 Å². The van der Waals surface area contributed by atoms with Crippen molar-refractivity contribution in [3.05, 3.63) is 90.1 Å². The van der Waals surface area contributed by atoms with Gasteiger partial charge in [-0.05, 0) is 60.5 Å². The van der Waals surface area contributed by atoms with E-state index in [1.807, 2.05) is 41.9 Å². The predicted octanol–water partition coefficient (Wildman–Crippen LogP) is 3.81. The predicted molar refractivity (Wildman–Crippen MR) is 117 cm³/mol. The van der Waals surface area contributed by atoms with Crippen LogP contribution in [0.4, 0.5) is 4.39 Å². The van der Waals surface area contributed by atoms with E-state index in [4.69, 9.17) is 0 Å². The number of rotatable bonds is 7. The second-order valence-corrected chi connectivity index (χ2v) is 7.25. The van der Waals surface area contributed by atoms with Crippen molar-refractivity contribution >= 4 is 5.91 Å². The van der Waals surface area contributed by atoms with E-state index in [9.17, 15) is 9.18 Å². The van der Waals surface area contributed by atoms with E-state index < -0.39 is 0 Å². The molecule has 0 radical (unpaired) electrons. The number of benzene rings is 1. The summed E-state index contributed by atoms with van der Waals surface area (Å²) in [6, 6.07) is 15.8. The van der Waals surface area contributed by atoms with Gasteiger partial charge in [-0.3, -0.25) is 19.4 Å². The maximum Gasteiger partial charge on any atom is 0.224 e. The fourth-order valence-corrected chi connectivity index (χ4v) is 3.23. The first-order valence-corrected chi connectivity index (χ1v) is 10.0. The maximum absolute atomic E-state index is 13.3. The smallest absolute Gasteiger partial charge is 0.224 e. The van der Waals surface area contributed by atoms with Crippen molar-refractivity contribution in [2.75, 3.05) is 6.54 Å². The molecule has 0 bridgehead atoms. The highest BCUT2D eigenvalue weighted by molar-refractivity contribution is 5.78. The van der Waals surface area contributed by atoms with Crippen molar-refractivity contribution in [2.24, 2.45) is 0 Å². The van der Waals surface area contributed by atoms with Gasteiger partial charge in [0, 0.05) is 30.7 Å². The van der Waals surface area contributed by atoms with Crippen LogP contribution >= 0.6 is 0 Å². The molecule has 0 atom stereocenters. The topological polar surface area (TPSA) is 72.7 Å². The minimum Gasteiger partial charge on any atom is -0.354 e. The zero-order valence-electron chi connectivity index (χ0n) is 17.1. The van der Waals surface area contributed by atoms with Crippen molar-refractivity contribution in [3.63, 3.8) is 0 Å². The number of nitrogens with one attached hydrogen (secondary N) is 1. The van der Waals surface area contributed by atoms with E-state index >= 15 is 0 Å². The van der Waals surface area contributed by atoms with Crippen LogP contribution in [0.1, 0.15) is 11.1 Å². The molecule has 1 N–H and O–H groups in total. The number of aryl methyl sites for hydroxylation is 1. The number of hydrogen-bond donors (Lipinski definition) is 1. The summed E-state index contributed by atoms with van der Waals surface area (Å²) in [5.41, 5.74) is 5.08. The molecular formula is C24H22FN5O. The van der Waals surface area contributed by atoms with Gasteiger partial charge in [0.1, 0.15) is 5.82 Å². The molecule has 3 aromatic heterocycles. The molecule has 31 heavy (non-hydrogen) atoms. The highest BCUT2D eigenvalue weighted by Gasteiger charge is 2.13. The van der Waals surface area contributed by atoms with E-state index in [2.05, 4.69) is 20.4 Å². The molecule has 4 aromatic rings. The van der Waals surface area contributed by atoms with Gasteiger partial charge in [0.25, 0.3) is 0 Å². The maximum atomic E-state index is 13.3. The molecule has 0 saturated carbocycles. The highest BCUT2D eigenvalue weighted by Crippen LogP contribution is 2.25. The molecule has 7 heteroatoms. The molecule has 0 unspecified atom stereocenters. The van der Waals surface area contributed by atoms with Gasteiger partial charge in [0.15, 0.2) is 0 Å². The summed E-state index contributed by atoms with van der Waals surface area (Å²) in [5, 5.41) is 7.61. The summed E-state index contributed by atoms with van der Waals surface area (Å²) in [7, 11) is 0. The molecule has 1 aromatic carbocycles. The molecule has 156 valence electrons. The van der Waals surface area contributed by atoms with E-state index in [0.717, 1.165) is 33.8 Å². The molecule has 0 fully saturated rings. The minimum absolute atomic E-state index is 0.0751. The third-order valence-corrected chi connectivity index (χ3v) is 4.83. The Kier molecular flexibility index (Phi) is 6.12. The summed E-state index contributed by atoms with van der Waals surface area (Å²) in [6.45, 7) is 2.88. The van der Waals surface area contributed by atoms with E-state index in [1.54, 1.807) is 30.7 Å². The molecule has 1 amide bonds. The number of carbonyl (C=O) groups excluding carboxylic acids is 1. The fraction of sp³-hybridized carbons (Fsp3) is 0.167. The van der Waals surface area contributed by atoms with Crippen LogP contribution in [0.3, 0.4) is 0 Å². The summed E-state index contributed by atoms with van der Waals surface area (Å²) in [6.07, 6.45) is 5.45. The Labute approximate surface area is 179 Å². The molecule has 3 heterocycles. The number of aromatic nitrogens is 4. The quantitative estimate of drug-likeness (QED) is 0.498. The van der Waals surface area contributed by atoms with E-state index in [1.165, 1.54) is 12.1 Å². The lowest BCUT2D eigenvalue weighted by atomic mass is 10.1. The number of halogens is 1. The van der Waals surface area contributed by atoms with Crippen LogP contribution in [0.25, 0.3) is 22.6 Å². The lowest BCUT2D eigenvalue weighted by Gasteiger charge is -2.09. The van der Waals surface area contributed by atoms with Crippen LogP contribution in [0.2, 0.25) is 0 Å². The normalized spacial score (nSPS) is 10.8. The third kappa shape index (κ3) is 5.19. The van der Waals surface area contributed by atoms with E-state index in [-0.39, 0.29) is 18.1 Å². The van der Waals surface area contributed by atoms with Gasteiger partial charge < -0.3 is 5.32 Å². The fourth-order valence-electron chi connectivity index (χ4n) is 3.23. The Hall–Kier alpha value is -3.87. The SMILES string of the molecule is Cc1ccc(-c2cc(-c3ccc(F)cc3)nn2CCNC(=O)Cc2cccnc2)nc1. The molecule has 0 aliphatic rings. The van der Waals surface area contributed by atoms with Crippen LogP contribution in [-0.2, 0) is 17.8 Å². The zero-order valence-corrected chi connectivity index (χ0v) is 17.1. The Balaban J connectivity index is 1.51. The number of amides is 1. The van der Waals surface area contributed by atoms with Gasteiger partial charge in [-0.25, -0.2) is 4.39 Å². The molecule has 6 nitrogen and oxygen atoms in total. The van der Waals surface area contributed by atoms with Crippen molar-refractivity contribution in [1.82, 2.24) is 25.1 Å². The molecule has 4 rings (SSSR count). The van der Waals surface area contributed by atoms with Crippen LogP contribution in [-0.4, -0.2) is 32.2 Å². The number of carbonyl (C=O) groups is 1. The van der Waals surface area contributed by atoms with Crippen molar-refractivity contribution in [3.8, 4) is 22.6 Å². The Morgan fingerprint density at radius 3 is 2.61 bits per heavy atom. The average Bonchev–Trinajstić information content (AvgIpc) is 3.19. The lowest BCUT2D eigenvalue weighted by molar-refractivity contribution is -0.120. The standard InChI is InChI=1S/C24H22FN5O/c1-17-4-9-21(28-15-17)23-14-22(19-5-7-20(25)8-6-19)29-30(23)12-11-27-24(31)13-18-3-2-10-26-16-18/h2-10,14-16H,11-13H2,1H3,(H,27,31). The van der Waals surface area contributed by atoms with Crippen molar-refractivity contribution in [1.29, 1.82) is 0 Å². The first kappa shape index (κ1) is 20.4. The van der Waals surface area contributed by atoms with Crippen molar-refractivity contribution < 1.29 is 9.18 Å². The van der Waals surface area contributed by atoms with E-state index in [0.29, 0.717) is 13.1 Å². The first-order chi connectivity index (χ1) is 15.1. The minimum atomic E-state index is -0.292.